The summed E-state index contributed by atoms with van der Waals surface area (Å²) in [4.78, 5) is 3.25. The molecule has 1 N–H and O–H groups in total. The number of imidazole rings is 1. The van der Waals surface area contributed by atoms with E-state index < -0.39 is 0 Å². The Balaban J connectivity index is 1.78. The van der Waals surface area contributed by atoms with Gasteiger partial charge in [-0.3, -0.25) is 0 Å². The molecule has 2 unspecified atom stereocenters. The first-order chi connectivity index (χ1) is 9.74. The summed E-state index contributed by atoms with van der Waals surface area (Å²) in [5, 5.41) is 0.733. The molecule has 4 rings (SSSR count). The molecule has 0 bridgehead atoms. The molecule has 1 saturated carbocycles. The van der Waals surface area contributed by atoms with Crippen LogP contribution in [0.5, 0.6) is 0 Å². The van der Waals surface area contributed by atoms with Crippen LogP contribution in [-0.4, -0.2) is 9.55 Å². The predicted octanol–water partition coefficient (Wildman–Crippen LogP) is 5.08. The lowest BCUT2D eigenvalue weighted by molar-refractivity contribution is 0.728. The van der Waals surface area contributed by atoms with Gasteiger partial charge < -0.3 is 9.55 Å². The summed E-state index contributed by atoms with van der Waals surface area (Å²) in [6, 6.07) is 17.0. The van der Waals surface area contributed by atoms with Gasteiger partial charge in [-0.25, -0.2) is 0 Å². The second-order valence-electron chi connectivity index (χ2n) is 5.28. The van der Waals surface area contributed by atoms with Gasteiger partial charge in [0.05, 0.1) is 11.0 Å². The van der Waals surface area contributed by atoms with Crippen LogP contribution >= 0.6 is 23.8 Å². The van der Waals surface area contributed by atoms with Gasteiger partial charge in [-0.1, -0.05) is 41.9 Å². The quantitative estimate of drug-likeness (QED) is 0.654. The van der Waals surface area contributed by atoms with Gasteiger partial charge in [0.2, 0.25) is 0 Å². The van der Waals surface area contributed by atoms with Crippen molar-refractivity contribution in [2.45, 2.75) is 18.4 Å². The molecule has 2 atom stereocenters. The second kappa shape index (κ2) is 4.47. The molecule has 0 saturated heterocycles. The highest BCUT2D eigenvalue weighted by atomic mass is 35.5. The SMILES string of the molecule is S=c1[nH]c2cc(Cl)ccc2n1C1CC1c1ccccc1. The Morgan fingerprint density at radius 1 is 1.15 bits per heavy atom. The highest BCUT2D eigenvalue weighted by Gasteiger charge is 2.40. The summed E-state index contributed by atoms with van der Waals surface area (Å²) in [5.41, 5.74) is 3.55. The van der Waals surface area contributed by atoms with E-state index >= 15 is 0 Å². The third-order valence-corrected chi connectivity index (χ3v) is 4.53. The van der Waals surface area contributed by atoms with E-state index in [4.69, 9.17) is 23.8 Å². The molecule has 20 heavy (non-hydrogen) atoms. The minimum atomic E-state index is 0.458. The highest BCUT2D eigenvalue weighted by Crippen LogP contribution is 2.52. The van der Waals surface area contributed by atoms with Crippen LogP contribution in [0, 0.1) is 4.77 Å². The van der Waals surface area contributed by atoms with Gasteiger partial charge in [0.15, 0.2) is 4.77 Å². The van der Waals surface area contributed by atoms with Crippen molar-refractivity contribution in [1.82, 2.24) is 9.55 Å². The highest BCUT2D eigenvalue weighted by molar-refractivity contribution is 7.71. The summed E-state index contributed by atoms with van der Waals surface area (Å²) in [6.07, 6.45) is 1.15. The third-order valence-electron chi connectivity index (χ3n) is 3.99. The van der Waals surface area contributed by atoms with Gasteiger partial charge in [-0.15, -0.1) is 0 Å². The van der Waals surface area contributed by atoms with Gasteiger partial charge in [0.25, 0.3) is 0 Å². The maximum absolute atomic E-state index is 6.04. The number of nitrogens with one attached hydrogen (secondary N) is 1. The fourth-order valence-electron chi connectivity index (χ4n) is 2.96. The van der Waals surface area contributed by atoms with Crippen molar-refractivity contribution < 1.29 is 0 Å². The first-order valence-electron chi connectivity index (χ1n) is 6.69. The van der Waals surface area contributed by atoms with Crippen LogP contribution in [0.15, 0.2) is 48.5 Å². The average Bonchev–Trinajstić information content (AvgIpc) is 3.16. The van der Waals surface area contributed by atoms with Crippen LogP contribution in [0.2, 0.25) is 5.02 Å². The Morgan fingerprint density at radius 3 is 2.75 bits per heavy atom. The second-order valence-corrected chi connectivity index (χ2v) is 6.10. The van der Waals surface area contributed by atoms with E-state index in [1.54, 1.807) is 0 Å². The lowest BCUT2D eigenvalue weighted by Gasteiger charge is -2.04. The van der Waals surface area contributed by atoms with E-state index in [1.807, 2.05) is 18.2 Å². The fourth-order valence-corrected chi connectivity index (χ4v) is 3.47. The number of rotatable bonds is 2. The number of H-pyrrole nitrogens is 1. The Labute approximate surface area is 127 Å². The normalized spacial score (nSPS) is 21.2. The maximum Gasteiger partial charge on any atom is 0.178 e. The van der Waals surface area contributed by atoms with E-state index in [9.17, 15) is 0 Å². The van der Waals surface area contributed by atoms with Crippen molar-refractivity contribution in [2.75, 3.05) is 0 Å². The number of hydrogen-bond acceptors (Lipinski definition) is 1. The molecule has 1 heterocycles. The molecule has 1 aromatic heterocycles. The number of aromatic amines is 1. The molecule has 3 aromatic rings. The minimum absolute atomic E-state index is 0.458. The summed E-state index contributed by atoms with van der Waals surface area (Å²) in [5.74, 6) is 0.567. The van der Waals surface area contributed by atoms with Crippen LogP contribution < -0.4 is 0 Å². The van der Waals surface area contributed by atoms with Crippen molar-refractivity contribution in [1.29, 1.82) is 0 Å². The Kier molecular flexibility index (Phi) is 2.72. The smallest absolute Gasteiger partial charge is 0.178 e. The molecular formula is C16H13ClN2S. The molecule has 1 aliphatic carbocycles. The molecule has 1 fully saturated rings. The van der Waals surface area contributed by atoms with Crippen LogP contribution in [0.4, 0.5) is 0 Å². The van der Waals surface area contributed by atoms with E-state index in [0.717, 1.165) is 27.2 Å². The number of fused-ring (bicyclic) bond motifs is 1. The van der Waals surface area contributed by atoms with Gasteiger partial charge in [0, 0.05) is 17.0 Å². The Hall–Kier alpha value is -1.58. The number of benzene rings is 2. The zero-order valence-corrected chi connectivity index (χ0v) is 12.3. The summed E-state index contributed by atoms with van der Waals surface area (Å²) < 4.78 is 3.02. The standard InChI is InChI=1S/C16H13ClN2S/c17-11-6-7-14-13(8-11)18-16(20)19(14)15-9-12(15)10-4-2-1-3-5-10/h1-8,12,15H,9H2,(H,18,20). The van der Waals surface area contributed by atoms with Crippen LogP contribution in [0.3, 0.4) is 0 Å². The lowest BCUT2D eigenvalue weighted by Crippen LogP contribution is -1.96. The van der Waals surface area contributed by atoms with Crippen LogP contribution in [-0.2, 0) is 0 Å². The van der Waals surface area contributed by atoms with Crippen molar-refractivity contribution in [3.63, 3.8) is 0 Å². The Morgan fingerprint density at radius 2 is 1.95 bits per heavy atom. The van der Waals surface area contributed by atoms with Gasteiger partial charge in [-0.05, 0) is 42.4 Å². The molecule has 4 heteroatoms. The van der Waals surface area contributed by atoms with Crippen LogP contribution in [0.1, 0.15) is 23.9 Å². The first-order valence-corrected chi connectivity index (χ1v) is 7.47. The van der Waals surface area contributed by atoms with Gasteiger partial charge in [0.1, 0.15) is 0 Å². The molecule has 2 aromatic carbocycles. The molecule has 0 spiro atoms. The first kappa shape index (κ1) is 12.2. The summed E-state index contributed by atoms with van der Waals surface area (Å²) in [6.45, 7) is 0. The van der Waals surface area contributed by atoms with E-state index in [1.165, 1.54) is 5.56 Å². The fraction of sp³-hybridized carbons (Fsp3) is 0.188. The number of hydrogen-bond donors (Lipinski definition) is 1. The van der Waals surface area contributed by atoms with Gasteiger partial charge >= 0.3 is 0 Å². The molecular weight excluding hydrogens is 288 g/mol. The molecule has 1 aliphatic rings. The minimum Gasteiger partial charge on any atom is -0.331 e. The van der Waals surface area contributed by atoms with Crippen molar-refractivity contribution in [3.05, 3.63) is 63.9 Å². The third kappa shape index (κ3) is 1.89. The maximum atomic E-state index is 6.04. The van der Waals surface area contributed by atoms with Crippen molar-refractivity contribution >= 4 is 34.9 Å². The molecule has 100 valence electrons. The summed E-state index contributed by atoms with van der Waals surface area (Å²) >= 11 is 11.5. The van der Waals surface area contributed by atoms with Gasteiger partial charge in [-0.2, -0.15) is 0 Å². The zero-order chi connectivity index (χ0) is 13.7. The summed E-state index contributed by atoms with van der Waals surface area (Å²) in [7, 11) is 0. The topological polar surface area (TPSA) is 20.7 Å². The number of halogens is 1. The molecule has 0 amide bonds. The molecule has 0 aliphatic heterocycles. The predicted molar refractivity (Wildman–Crippen MR) is 85.0 cm³/mol. The van der Waals surface area contributed by atoms with Crippen molar-refractivity contribution in [3.8, 4) is 0 Å². The molecule has 2 nitrogen and oxygen atoms in total. The average molecular weight is 301 g/mol. The molecule has 0 radical (unpaired) electrons. The number of aromatic nitrogens is 2. The Bertz CT molecular complexity index is 835. The van der Waals surface area contributed by atoms with E-state index in [2.05, 4.69) is 39.9 Å². The van der Waals surface area contributed by atoms with E-state index in [-0.39, 0.29) is 0 Å². The number of nitrogens with zero attached hydrogens (tertiary/aromatic N) is 1. The van der Waals surface area contributed by atoms with Crippen molar-refractivity contribution in [2.24, 2.45) is 0 Å². The zero-order valence-electron chi connectivity index (χ0n) is 10.7. The lowest BCUT2D eigenvalue weighted by atomic mass is 10.1. The van der Waals surface area contributed by atoms with E-state index in [0.29, 0.717) is 12.0 Å². The monoisotopic (exact) mass is 300 g/mol. The van der Waals surface area contributed by atoms with Crippen LogP contribution in [0.25, 0.3) is 11.0 Å². The largest absolute Gasteiger partial charge is 0.331 e.